The van der Waals surface area contributed by atoms with Gasteiger partial charge >= 0.3 is 0 Å². The standard InChI is InChI=1S/C19H29NO/c1-5-20(16-9-7-6-8-10-16)19(21)18-13-15(4)11-12-17(18)14(2)3/h6-10,14-15,17-18H,5,11-13H2,1-4H3. The Bertz CT molecular complexity index is 454. The monoisotopic (exact) mass is 287 g/mol. The molecule has 0 bridgehead atoms. The van der Waals surface area contributed by atoms with Gasteiger partial charge in [0.2, 0.25) is 5.91 Å². The molecule has 0 N–H and O–H groups in total. The lowest BCUT2D eigenvalue weighted by Crippen LogP contribution is -2.43. The minimum Gasteiger partial charge on any atom is -0.312 e. The van der Waals surface area contributed by atoms with Crippen LogP contribution in [0.3, 0.4) is 0 Å². The van der Waals surface area contributed by atoms with Crippen molar-refractivity contribution in [2.24, 2.45) is 23.7 Å². The van der Waals surface area contributed by atoms with Crippen molar-refractivity contribution in [2.45, 2.75) is 47.0 Å². The van der Waals surface area contributed by atoms with E-state index in [-0.39, 0.29) is 5.92 Å². The van der Waals surface area contributed by atoms with Crippen LogP contribution in [0.15, 0.2) is 30.3 Å². The minimum absolute atomic E-state index is 0.189. The number of hydrogen-bond donors (Lipinski definition) is 0. The number of carbonyl (C=O) groups excluding carboxylic acids is 1. The van der Waals surface area contributed by atoms with Crippen LogP contribution >= 0.6 is 0 Å². The maximum absolute atomic E-state index is 13.1. The van der Waals surface area contributed by atoms with Crippen LogP contribution in [-0.2, 0) is 4.79 Å². The smallest absolute Gasteiger partial charge is 0.230 e. The molecule has 1 fully saturated rings. The zero-order chi connectivity index (χ0) is 15.4. The Balaban J connectivity index is 2.22. The molecule has 0 aliphatic heterocycles. The van der Waals surface area contributed by atoms with E-state index in [1.165, 1.54) is 12.8 Å². The predicted octanol–water partition coefficient (Wildman–Crippen LogP) is 4.75. The van der Waals surface area contributed by atoms with Crippen molar-refractivity contribution in [3.05, 3.63) is 30.3 Å². The van der Waals surface area contributed by atoms with Crippen molar-refractivity contribution in [3.8, 4) is 0 Å². The molecule has 21 heavy (non-hydrogen) atoms. The largest absolute Gasteiger partial charge is 0.312 e. The first-order valence-electron chi connectivity index (χ1n) is 8.41. The normalized spacial score (nSPS) is 25.9. The number of para-hydroxylation sites is 1. The summed E-state index contributed by atoms with van der Waals surface area (Å²) in [4.78, 5) is 15.1. The van der Waals surface area contributed by atoms with Crippen molar-refractivity contribution in [3.63, 3.8) is 0 Å². The summed E-state index contributed by atoms with van der Waals surface area (Å²) in [6.45, 7) is 9.63. The molecule has 1 aliphatic rings. The van der Waals surface area contributed by atoms with Gasteiger partial charge in [0.15, 0.2) is 0 Å². The summed E-state index contributed by atoms with van der Waals surface area (Å²) in [5.74, 6) is 2.30. The highest BCUT2D eigenvalue weighted by Crippen LogP contribution is 2.39. The first-order chi connectivity index (χ1) is 10.0. The second-order valence-corrected chi connectivity index (χ2v) is 6.85. The van der Waals surface area contributed by atoms with Gasteiger partial charge in [-0.3, -0.25) is 4.79 Å². The van der Waals surface area contributed by atoms with Crippen molar-refractivity contribution >= 4 is 11.6 Å². The number of anilines is 1. The van der Waals surface area contributed by atoms with Crippen molar-refractivity contribution in [1.82, 2.24) is 0 Å². The summed E-state index contributed by atoms with van der Waals surface area (Å²) < 4.78 is 0. The van der Waals surface area contributed by atoms with Crippen molar-refractivity contribution < 1.29 is 4.79 Å². The van der Waals surface area contributed by atoms with Gasteiger partial charge in [0.1, 0.15) is 0 Å². The Hall–Kier alpha value is -1.31. The van der Waals surface area contributed by atoms with E-state index in [4.69, 9.17) is 0 Å². The molecule has 2 nitrogen and oxygen atoms in total. The third kappa shape index (κ3) is 3.66. The Labute approximate surface area is 129 Å². The SMILES string of the molecule is CCN(C(=O)C1CC(C)CCC1C(C)C)c1ccccc1. The number of benzene rings is 1. The Morgan fingerprint density at radius 1 is 1.24 bits per heavy atom. The fourth-order valence-electron chi connectivity index (χ4n) is 3.76. The molecule has 0 radical (unpaired) electrons. The van der Waals surface area contributed by atoms with Gasteiger partial charge in [-0.15, -0.1) is 0 Å². The van der Waals surface area contributed by atoms with Gasteiger partial charge in [0, 0.05) is 18.2 Å². The van der Waals surface area contributed by atoms with Crippen molar-refractivity contribution in [2.75, 3.05) is 11.4 Å². The maximum Gasteiger partial charge on any atom is 0.230 e. The van der Waals surface area contributed by atoms with Crippen LogP contribution in [0.2, 0.25) is 0 Å². The molecule has 3 atom stereocenters. The van der Waals surface area contributed by atoms with E-state index in [2.05, 4.69) is 27.7 Å². The molecule has 1 aromatic rings. The fourth-order valence-corrected chi connectivity index (χ4v) is 3.76. The second kappa shape index (κ2) is 7.11. The predicted molar refractivity (Wildman–Crippen MR) is 89.3 cm³/mol. The molecule has 3 unspecified atom stereocenters. The van der Waals surface area contributed by atoms with Gasteiger partial charge in [-0.1, -0.05) is 45.4 Å². The third-order valence-corrected chi connectivity index (χ3v) is 4.99. The number of amides is 1. The molecule has 1 saturated carbocycles. The molecule has 0 saturated heterocycles. The zero-order valence-electron chi connectivity index (χ0n) is 13.9. The van der Waals surface area contributed by atoms with Crippen LogP contribution in [0.5, 0.6) is 0 Å². The maximum atomic E-state index is 13.1. The molecule has 2 heteroatoms. The van der Waals surface area contributed by atoms with Gasteiger partial charge in [-0.25, -0.2) is 0 Å². The molecule has 1 aromatic carbocycles. The van der Waals surface area contributed by atoms with Crippen LogP contribution < -0.4 is 4.90 Å². The van der Waals surface area contributed by atoms with E-state index in [0.717, 1.165) is 18.7 Å². The van der Waals surface area contributed by atoms with Crippen LogP contribution in [0.1, 0.15) is 47.0 Å². The van der Waals surface area contributed by atoms with Gasteiger partial charge in [0.05, 0.1) is 0 Å². The molecule has 0 spiro atoms. The van der Waals surface area contributed by atoms with E-state index in [0.29, 0.717) is 23.7 Å². The molecule has 116 valence electrons. The average Bonchev–Trinajstić information content (AvgIpc) is 2.48. The highest BCUT2D eigenvalue weighted by Gasteiger charge is 2.37. The molecular weight excluding hydrogens is 258 g/mol. The molecule has 0 aromatic heterocycles. The summed E-state index contributed by atoms with van der Waals surface area (Å²) in [7, 11) is 0. The highest BCUT2D eigenvalue weighted by molar-refractivity contribution is 5.95. The van der Waals surface area contributed by atoms with Gasteiger partial charge in [0.25, 0.3) is 0 Å². The van der Waals surface area contributed by atoms with Crippen LogP contribution in [0.4, 0.5) is 5.69 Å². The Morgan fingerprint density at radius 2 is 1.90 bits per heavy atom. The van der Waals surface area contributed by atoms with E-state index in [1.807, 2.05) is 35.2 Å². The molecule has 1 aliphatic carbocycles. The Morgan fingerprint density at radius 3 is 2.48 bits per heavy atom. The van der Waals surface area contributed by atoms with E-state index < -0.39 is 0 Å². The van der Waals surface area contributed by atoms with Gasteiger partial charge in [-0.2, -0.15) is 0 Å². The lowest BCUT2D eigenvalue weighted by Gasteiger charge is -2.39. The van der Waals surface area contributed by atoms with E-state index >= 15 is 0 Å². The summed E-state index contributed by atoms with van der Waals surface area (Å²) >= 11 is 0. The van der Waals surface area contributed by atoms with Crippen LogP contribution in [0, 0.1) is 23.7 Å². The number of carbonyl (C=O) groups is 1. The topological polar surface area (TPSA) is 20.3 Å². The van der Waals surface area contributed by atoms with Crippen LogP contribution in [0.25, 0.3) is 0 Å². The number of hydrogen-bond acceptors (Lipinski definition) is 1. The quantitative estimate of drug-likeness (QED) is 0.782. The second-order valence-electron chi connectivity index (χ2n) is 6.85. The van der Waals surface area contributed by atoms with E-state index in [1.54, 1.807) is 0 Å². The first kappa shape index (κ1) is 16.1. The fraction of sp³-hybridized carbons (Fsp3) is 0.632. The highest BCUT2D eigenvalue weighted by atomic mass is 16.2. The van der Waals surface area contributed by atoms with Gasteiger partial charge < -0.3 is 4.90 Å². The average molecular weight is 287 g/mol. The lowest BCUT2D eigenvalue weighted by atomic mass is 9.69. The van der Waals surface area contributed by atoms with E-state index in [9.17, 15) is 4.79 Å². The zero-order valence-corrected chi connectivity index (χ0v) is 13.9. The summed E-state index contributed by atoms with van der Waals surface area (Å²) in [6, 6.07) is 10.1. The third-order valence-electron chi connectivity index (χ3n) is 4.99. The number of rotatable bonds is 4. The van der Waals surface area contributed by atoms with Crippen molar-refractivity contribution in [1.29, 1.82) is 0 Å². The summed E-state index contributed by atoms with van der Waals surface area (Å²) in [5, 5.41) is 0. The number of nitrogens with zero attached hydrogens (tertiary/aromatic N) is 1. The van der Waals surface area contributed by atoms with Crippen LogP contribution in [-0.4, -0.2) is 12.5 Å². The molecule has 2 rings (SSSR count). The molecule has 0 heterocycles. The Kier molecular flexibility index (Phi) is 5.44. The lowest BCUT2D eigenvalue weighted by molar-refractivity contribution is -0.126. The summed E-state index contributed by atoms with van der Waals surface area (Å²) in [6.07, 6.45) is 3.51. The molecule has 1 amide bonds. The van der Waals surface area contributed by atoms with Gasteiger partial charge in [-0.05, 0) is 49.7 Å². The minimum atomic E-state index is 0.189. The molecular formula is C19H29NO. The first-order valence-corrected chi connectivity index (χ1v) is 8.41. The summed E-state index contributed by atoms with van der Waals surface area (Å²) in [5.41, 5.74) is 1.03.